The van der Waals surface area contributed by atoms with E-state index in [1.54, 1.807) is 0 Å². The molecule has 2 heterocycles. The molecule has 0 amide bonds. The van der Waals surface area contributed by atoms with Gasteiger partial charge in [-0.05, 0) is 24.1 Å². The molecule has 1 fully saturated rings. The summed E-state index contributed by atoms with van der Waals surface area (Å²) >= 11 is 6.00. The third kappa shape index (κ3) is 5.02. The fourth-order valence-corrected chi connectivity index (χ4v) is 4.62. The number of H-pyrrole nitrogens is 1. The van der Waals surface area contributed by atoms with Crippen molar-refractivity contribution in [2.24, 2.45) is 0 Å². The molecule has 1 saturated heterocycles. The SMILES string of the molecule is CS(=O)(=O)N[C@H]1C[C@@H](c2nc(-c3ccccc3)n[nH]2)N(Cc2ccc(Cl)cc2)C1. The standard InChI is InChI=1S/C20H22ClN5O2S/c1-29(27,28)25-17-11-18(26(13-17)12-14-7-9-16(21)10-8-14)20-22-19(23-24-20)15-5-3-2-4-6-15/h2-10,17-18,25H,11-13H2,1H3,(H,22,23,24)/t17-,18-/m0/s1. The van der Waals surface area contributed by atoms with Crippen LogP contribution in [-0.2, 0) is 16.6 Å². The quantitative estimate of drug-likeness (QED) is 0.626. The highest BCUT2D eigenvalue weighted by Crippen LogP contribution is 2.33. The van der Waals surface area contributed by atoms with Crippen LogP contribution in [0.3, 0.4) is 0 Å². The highest BCUT2D eigenvalue weighted by Gasteiger charge is 2.36. The zero-order valence-electron chi connectivity index (χ0n) is 15.9. The van der Waals surface area contributed by atoms with Gasteiger partial charge in [-0.15, -0.1) is 0 Å². The van der Waals surface area contributed by atoms with E-state index in [1.165, 1.54) is 6.26 Å². The van der Waals surface area contributed by atoms with Gasteiger partial charge in [0.2, 0.25) is 10.0 Å². The lowest BCUT2D eigenvalue weighted by Gasteiger charge is -2.22. The normalized spacial score (nSPS) is 20.2. The van der Waals surface area contributed by atoms with Crippen LogP contribution in [0, 0.1) is 0 Å². The average Bonchev–Trinajstić information content (AvgIpc) is 3.30. The Hall–Kier alpha value is -2.26. The fraction of sp³-hybridized carbons (Fsp3) is 0.300. The first-order valence-corrected chi connectivity index (χ1v) is 11.6. The summed E-state index contributed by atoms with van der Waals surface area (Å²) in [6, 6.07) is 17.2. The van der Waals surface area contributed by atoms with Gasteiger partial charge in [-0.25, -0.2) is 18.1 Å². The van der Waals surface area contributed by atoms with Gasteiger partial charge in [-0.1, -0.05) is 54.1 Å². The Kier molecular flexibility index (Phi) is 5.69. The zero-order chi connectivity index (χ0) is 20.4. The van der Waals surface area contributed by atoms with Crippen molar-refractivity contribution in [3.8, 4) is 11.4 Å². The summed E-state index contributed by atoms with van der Waals surface area (Å²) in [6.45, 7) is 1.24. The minimum atomic E-state index is -3.29. The van der Waals surface area contributed by atoms with Crippen LogP contribution in [-0.4, -0.2) is 47.3 Å². The summed E-state index contributed by atoms with van der Waals surface area (Å²) in [6.07, 6.45) is 1.80. The maximum atomic E-state index is 11.7. The fourth-order valence-electron chi connectivity index (χ4n) is 3.71. The predicted molar refractivity (Wildman–Crippen MR) is 113 cm³/mol. The van der Waals surface area contributed by atoms with Crippen molar-refractivity contribution in [1.82, 2.24) is 24.8 Å². The van der Waals surface area contributed by atoms with Crippen LogP contribution in [0.1, 0.15) is 23.9 Å². The molecule has 29 heavy (non-hydrogen) atoms. The van der Waals surface area contributed by atoms with E-state index in [0.29, 0.717) is 30.4 Å². The second kappa shape index (κ2) is 8.23. The molecule has 0 spiro atoms. The van der Waals surface area contributed by atoms with Gasteiger partial charge < -0.3 is 0 Å². The molecule has 9 heteroatoms. The van der Waals surface area contributed by atoms with Crippen LogP contribution < -0.4 is 4.72 Å². The largest absolute Gasteiger partial charge is 0.287 e. The van der Waals surface area contributed by atoms with Gasteiger partial charge in [-0.3, -0.25) is 10.00 Å². The Labute approximate surface area is 175 Å². The topological polar surface area (TPSA) is 91.0 Å². The van der Waals surface area contributed by atoms with Crippen LogP contribution in [0.4, 0.5) is 0 Å². The Morgan fingerprint density at radius 2 is 1.90 bits per heavy atom. The van der Waals surface area contributed by atoms with Gasteiger partial charge >= 0.3 is 0 Å². The van der Waals surface area contributed by atoms with E-state index in [0.717, 1.165) is 17.0 Å². The third-order valence-electron chi connectivity index (χ3n) is 4.93. The number of nitrogens with one attached hydrogen (secondary N) is 2. The molecule has 0 radical (unpaired) electrons. The summed E-state index contributed by atoms with van der Waals surface area (Å²) in [5.74, 6) is 1.36. The monoisotopic (exact) mass is 431 g/mol. The van der Waals surface area contributed by atoms with Crippen molar-refractivity contribution < 1.29 is 8.42 Å². The summed E-state index contributed by atoms with van der Waals surface area (Å²) in [4.78, 5) is 6.90. The molecule has 1 aliphatic heterocycles. The number of nitrogens with zero attached hydrogens (tertiary/aromatic N) is 3. The van der Waals surface area contributed by atoms with Crippen LogP contribution >= 0.6 is 11.6 Å². The molecule has 1 aliphatic rings. The Bertz CT molecular complexity index is 1070. The molecular weight excluding hydrogens is 410 g/mol. The van der Waals surface area contributed by atoms with E-state index >= 15 is 0 Å². The number of aromatic amines is 1. The minimum absolute atomic E-state index is 0.0742. The maximum Gasteiger partial charge on any atom is 0.208 e. The van der Waals surface area contributed by atoms with Crippen molar-refractivity contribution in [2.45, 2.75) is 25.0 Å². The van der Waals surface area contributed by atoms with Gasteiger partial charge in [0.1, 0.15) is 5.82 Å². The third-order valence-corrected chi connectivity index (χ3v) is 5.95. The van der Waals surface area contributed by atoms with Gasteiger partial charge in [0, 0.05) is 29.7 Å². The minimum Gasteiger partial charge on any atom is -0.287 e. The first-order chi connectivity index (χ1) is 13.9. The Morgan fingerprint density at radius 1 is 1.17 bits per heavy atom. The highest BCUT2D eigenvalue weighted by atomic mass is 35.5. The Morgan fingerprint density at radius 3 is 2.59 bits per heavy atom. The average molecular weight is 432 g/mol. The molecule has 2 N–H and O–H groups in total. The Balaban J connectivity index is 1.59. The van der Waals surface area contributed by atoms with Gasteiger partial charge in [0.05, 0.1) is 12.3 Å². The molecule has 2 aromatic carbocycles. The molecule has 0 aliphatic carbocycles. The lowest BCUT2D eigenvalue weighted by Crippen LogP contribution is -2.36. The predicted octanol–water partition coefficient (Wildman–Crippen LogP) is 2.99. The first kappa shape index (κ1) is 20.0. The molecule has 0 bridgehead atoms. The van der Waals surface area contributed by atoms with Crippen LogP contribution in [0.5, 0.6) is 0 Å². The molecule has 0 saturated carbocycles. The zero-order valence-corrected chi connectivity index (χ0v) is 17.5. The molecule has 4 rings (SSSR count). The lowest BCUT2D eigenvalue weighted by molar-refractivity contribution is 0.239. The highest BCUT2D eigenvalue weighted by molar-refractivity contribution is 7.88. The number of sulfonamides is 1. The second-order valence-electron chi connectivity index (χ2n) is 7.30. The number of aromatic nitrogens is 3. The van der Waals surface area contributed by atoms with Crippen molar-refractivity contribution in [3.05, 3.63) is 71.0 Å². The number of likely N-dealkylation sites (tertiary alicyclic amines) is 1. The summed E-state index contributed by atoms with van der Waals surface area (Å²) in [7, 11) is -3.29. The van der Waals surface area contributed by atoms with E-state index in [-0.39, 0.29) is 12.1 Å². The summed E-state index contributed by atoms with van der Waals surface area (Å²) in [5.41, 5.74) is 2.03. The smallest absolute Gasteiger partial charge is 0.208 e. The number of hydrogen-bond acceptors (Lipinski definition) is 5. The molecule has 7 nitrogen and oxygen atoms in total. The van der Waals surface area contributed by atoms with Gasteiger partial charge in [0.15, 0.2) is 5.82 Å². The summed E-state index contributed by atoms with van der Waals surface area (Å²) < 4.78 is 26.2. The number of rotatable bonds is 6. The van der Waals surface area contributed by atoms with Gasteiger partial charge in [-0.2, -0.15) is 5.10 Å². The van der Waals surface area contributed by atoms with Crippen LogP contribution in [0.25, 0.3) is 11.4 Å². The summed E-state index contributed by atoms with van der Waals surface area (Å²) in [5, 5.41) is 8.10. The molecule has 152 valence electrons. The van der Waals surface area contributed by atoms with E-state index in [1.807, 2.05) is 54.6 Å². The molecule has 2 atom stereocenters. The van der Waals surface area contributed by atoms with E-state index in [9.17, 15) is 8.42 Å². The van der Waals surface area contributed by atoms with Gasteiger partial charge in [0.25, 0.3) is 0 Å². The van der Waals surface area contributed by atoms with E-state index in [2.05, 4.69) is 19.8 Å². The van der Waals surface area contributed by atoms with Crippen molar-refractivity contribution in [2.75, 3.05) is 12.8 Å². The molecule has 0 unspecified atom stereocenters. The lowest BCUT2D eigenvalue weighted by atomic mass is 10.1. The molecule has 3 aromatic rings. The number of benzene rings is 2. The number of halogens is 1. The second-order valence-corrected chi connectivity index (χ2v) is 9.52. The van der Waals surface area contributed by atoms with E-state index < -0.39 is 10.0 Å². The van der Waals surface area contributed by atoms with Crippen molar-refractivity contribution >= 4 is 21.6 Å². The maximum absolute atomic E-state index is 11.7. The van der Waals surface area contributed by atoms with Crippen LogP contribution in [0.15, 0.2) is 54.6 Å². The first-order valence-electron chi connectivity index (χ1n) is 9.31. The van der Waals surface area contributed by atoms with Crippen molar-refractivity contribution in [3.63, 3.8) is 0 Å². The van der Waals surface area contributed by atoms with Crippen LogP contribution in [0.2, 0.25) is 5.02 Å². The van der Waals surface area contributed by atoms with Crippen molar-refractivity contribution in [1.29, 1.82) is 0 Å². The molecular formula is C20H22ClN5O2S. The molecule has 1 aromatic heterocycles. The number of hydrogen-bond donors (Lipinski definition) is 2. The van der Waals surface area contributed by atoms with E-state index in [4.69, 9.17) is 16.6 Å².